The van der Waals surface area contributed by atoms with Gasteiger partial charge in [-0.25, -0.2) is 0 Å². The first-order chi connectivity index (χ1) is 9.27. The van der Waals surface area contributed by atoms with E-state index in [0.717, 1.165) is 6.54 Å². The van der Waals surface area contributed by atoms with Crippen LogP contribution in [0, 0.1) is 5.92 Å². The lowest BCUT2D eigenvalue weighted by atomic mass is 9.95. The Kier molecular flexibility index (Phi) is 5.41. The molecule has 0 saturated heterocycles. The Hall–Kier alpha value is -0.860. The second-order valence-electron chi connectivity index (χ2n) is 5.87. The molecular formula is C17H28N2. The monoisotopic (exact) mass is 260 g/mol. The quantitative estimate of drug-likeness (QED) is 0.847. The third-order valence-electron chi connectivity index (χ3n) is 4.68. The molecule has 0 spiro atoms. The van der Waals surface area contributed by atoms with Gasteiger partial charge in [0.25, 0.3) is 0 Å². The molecule has 1 fully saturated rings. The maximum atomic E-state index is 5.95. The average molecular weight is 260 g/mol. The van der Waals surface area contributed by atoms with E-state index in [2.05, 4.69) is 49.2 Å². The second kappa shape index (κ2) is 7.06. The van der Waals surface area contributed by atoms with Crippen molar-refractivity contribution in [2.75, 3.05) is 13.6 Å². The van der Waals surface area contributed by atoms with E-state index in [-0.39, 0.29) is 0 Å². The van der Waals surface area contributed by atoms with Gasteiger partial charge in [-0.1, -0.05) is 50.1 Å². The van der Waals surface area contributed by atoms with Crippen molar-refractivity contribution in [1.82, 2.24) is 4.90 Å². The molecule has 1 aliphatic carbocycles. The summed E-state index contributed by atoms with van der Waals surface area (Å²) in [5.74, 6) is 0.688. The van der Waals surface area contributed by atoms with Gasteiger partial charge >= 0.3 is 0 Å². The molecule has 2 N–H and O–H groups in total. The predicted octanol–water partition coefficient (Wildman–Crippen LogP) is 3.59. The summed E-state index contributed by atoms with van der Waals surface area (Å²) in [6.45, 7) is 3.11. The summed E-state index contributed by atoms with van der Waals surface area (Å²) in [4.78, 5) is 2.60. The molecular weight excluding hydrogens is 232 g/mol. The lowest BCUT2D eigenvalue weighted by Crippen LogP contribution is -2.40. The standard InChI is InChI=1S/C17H28N2/c1-3-8-16(14-9-5-4-6-10-14)19(2)17-12-7-11-15(17)13-18/h4-6,9-10,15-17H,3,7-8,11-13,18H2,1-2H3. The minimum absolute atomic E-state index is 0.545. The summed E-state index contributed by atoms with van der Waals surface area (Å²) in [6.07, 6.45) is 6.41. The van der Waals surface area contributed by atoms with Gasteiger partial charge in [-0.2, -0.15) is 0 Å². The zero-order valence-corrected chi connectivity index (χ0v) is 12.4. The molecule has 2 rings (SSSR count). The van der Waals surface area contributed by atoms with Gasteiger partial charge in [0.2, 0.25) is 0 Å². The summed E-state index contributed by atoms with van der Waals surface area (Å²) >= 11 is 0. The Labute approximate surface area is 118 Å². The highest BCUT2D eigenvalue weighted by atomic mass is 15.2. The van der Waals surface area contributed by atoms with Gasteiger partial charge in [0, 0.05) is 12.1 Å². The number of benzene rings is 1. The van der Waals surface area contributed by atoms with Crippen LogP contribution in [-0.4, -0.2) is 24.5 Å². The van der Waals surface area contributed by atoms with Crippen LogP contribution in [0.25, 0.3) is 0 Å². The number of rotatable bonds is 6. The van der Waals surface area contributed by atoms with Gasteiger partial charge in [0.05, 0.1) is 0 Å². The molecule has 106 valence electrons. The second-order valence-corrected chi connectivity index (χ2v) is 5.87. The smallest absolute Gasteiger partial charge is 0.0348 e. The van der Waals surface area contributed by atoms with Crippen LogP contribution in [0.4, 0.5) is 0 Å². The predicted molar refractivity (Wildman–Crippen MR) is 82.0 cm³/mol. The molecule has 0 aliphatic heterocycles. The molecule has 2 heteroatoms. The molecule has 0 aromatic heterocycles. The molecule has 0 amide bonds. The zero-order valence-electron chi connectivity index (χ0n) is 12.4. The minimum Gasteiger partial charge on any atom is -0.330 e. The van der Waals surface area contributed by atoms with Gasteiger partial charge in [-0.3, -0.25) is 4.90 Å². The lowest BCUT2D eigenvalue weighted by Gasteiger charge is -2.36. The zero-order chi connectivity index (χ0) is 13.7. The SMILES string of the molecule is CCCC(c1ccccc1)N(C)C1CCCC1CN. The Morgan fingerprint density at radius 2 is 2.00 bits per heavy atom. The van der Waals surface area contributed by atoms with Gasteiger partial charge < -0.3 is 5.73 Å². The Bertz CT molecular complexity index is 363. The number of nitrogens with zero attached hydrogens (tertiary/aromatic N) is 1. The van der Waals surface area contributed by atoms with E-state index < -0.39 is 0 Å². The van der Waals surface area contributed by atoms with Crippen molar-refractivity contribution in [2.45, 2.75) is 51.1 Å². The maximum absolute atomic E-state index is 5.95. The van der Waals surface area contributed by atoms with Crippen molar-refractivity contribution in [3.8, 4) is 0 Å². The van der Waals surface area contributed by atoms with E-state index in [4.69, 9.17) is 5.73 Å². The van der Waals surface area contributed by atoms with Crippen molar-refractivity contribution in [3.63, 3.8) is 0 Å². The van der Waals surface area contributed by atoms with Crippen molar-refractivity contribution < 1.29 is 0 Å². The maximum Gasteiger partial charge on any atom is 0.0348 e. The van der Waals surface area contributed by atoms with Gasteiger partial charge in [-0.15, -0.1) is 0 Å². The first-order valence-electron chi connectivity index (χ1n) is 7.74. The number of nitrogens with two attached hydrogens (primary N) is 1. The molecule has 1 aliphatic rings. The summed E-state index contributed by atoms with van der Waals surface area (Å²) < 4.78 is 0. The van der Waals surface area contributed by atoms with Crippen LogP contribution >= 0.6 is 0 Å². The van der Waals surface area contributed by atoms with Crippen molar-refractivity contribution in [3.05, 3.63) is 35.9 Å². The van der Waals surface area contributed by atoms with Gasteiger partial charge in [0.15, 0.2) is 0 Å². The van der Waals surface area contributed by atoms with Crippen LogP contribution in [0.1, 0.15) is 50.6 Å². The summed E-state index contributed by atoms with van der Waals surface area (Å²) in [5.41, 5.74) is 7.40. The Balaban J connectivity index is 2.14. The van der Waals surface area contributed by atoms with Crippen LogP contribution < -0.4 is 5.73 Å². The molecule has 3 atom stereocenters. The van der Waals surface area contributed by atoms with E-state index in [1.54, 1.807) is 0 Å². The van der Waals surface area contributed by atoms with E-state index in [9.17, 15) is 0 Å². The summed E-state index contributed by atoms with van der Waals surface area (Å²) in [7, 11) is 2.30. The molecule has 1 aromatic rings. The summed E-state index contributed by atoms with van der Waals surface area (Å²) in [5, 5.41) is 0. The molecule has 2 nitrogen and oxygen atoms in total. The van der Waals surface area contributed by atoms with Crippen molar-refractivity contribution in [1.29, 1.82) is 0 Å². The highest BCUT2D eigenvalue weighted by Crippen LogP contribution is 2.35. The molecule has 3 unspecified atom stereocenters. The van der Waals surface area contributed by atoms with Crippen molar-refractivity contribution >= 4 is 0 Å². The first-order valence-corrected chi connectivity index (χ1v) is 7.74. The fraction of sp³-hybridized carbons (Fsp3) is 0.647. The van der Waals surface area contributed by atoms with Crippen LogP contribution in [0.15, 0.2) is 30.3 Å². The number of hydrogen-bond donors (Lipinski definition) is 1. The van der Waals surface area contributed by atoms with Gasteiger partial charge in [-0.05, 0) is 44.3 Å². The van der Waals surface area contributed by atoms with Crippen LogP contribution in [0.5, 0.6) is 0 Å². The fourth-order valence-corrected chi connectivity index (χ4v) is 3.61. The van der Waals surface area contributed by atoms with Crippen molar-refractivity contribution in [2.24, 2.45) is 11.7 Å². The lowest BCUT2D eigenvalue weighted by molar-refractivity contribution is 0.135. The van der Waals surface area contributed by atoms with Crippen LogP contribution in [0.2, 0.25) is 0 Å². The Morgan fingerprint density at radius 3 is 2.63 bits per heavy atom. The molecule has 0 bridgehead atoms. The third kappa shape index (κ3) is 3.37. The van der Waals surface area contributed by atoms with Crippen LogP contribution in [-0.2, 0) is 0 Å². The normalized spacial score (nSPS) is 24.8. The molecule has 0 heterocycles. The van der Waals surface area contributed by atoms with Gasteiger partial charge in [0.1, 0.15) is 0 Å². The first kappa shape index (κ1) is 14.5. The third-order valence-corrected chi connectivity index (χ3v) is 4.68. The number of hydrogen-bond acceptors (Lipinski definition) is 2. The average Bonchev–Trinajstić information content (AvgIpc) is 2.93. The highest BCUT2D eigenvalue weighted by Gasteiger charge is 2.32. The van der Waals surface area contributed by atoms with E-state index in [1.807, 2.05) is 0 Å². The Morgan fingerprint density at radius 1 is 1.26 bits per heavy atom. The highest BCUT2D eigenvalue weighted by molar-refractivity contribution is 5.19. The van der Waals surface area contributed by atoms with E-state index in [1.165, 1.54) is 37.7 Å². The van der Waals surface area contributed by atoms with E-state index >= 15 is 0 Å². The minimum atomic E-state index is 0.545. The molecule has 19 heavy (non-hydrogen) atoms. The molecule has 0 radical (unpaired) electrons. The summed E-state index contributed by atoms with van der Waals surface area (Å²) in [6, 6.07) is 12.2. The van der Waals surface area contributed by atoms with Crippen LogP contribution in [0.3, 0.4) is 0 Å². The molecule has 1 saturated carbocycles. The molecule has 1 aromatic carbocycles. The largest absolute Gasteiger partial charge is 0.330 e. The van der Waals surface area contributed by atoms with E-state index in [0.29, 0.717) is 18.0 Å². The topological polar surface area (TPSA) is 29.3 Å². The fourth-order valence-electron chi connectivity index (χ4n) is 3.61.